The number of carboxylic acids is 1. The zero-order valence-electron chi connectivity index (χ0n) is 9.71. The predicted octanol–water partition coefficient (Wildman–Crippen LogP) is 1.28. The normalized spacial score (nSPS) is 19.0. The van der Waals surface area contributed by atoms with Gasteiger partial charge in [-0.2, -0.15) is 0 Å². The molecule has 0 aliphatic carbocycles. The van der Waals surface area contributed by atoms with Crippen LogP contribution in [0.3, 0.4) is 0 Å². The van der Waals surface area contributed by atoms with Gasteiger partial charge in [0.05, 0.1) is 16.7 Å². The van der Waals surface area contributed by atoms with Gasteiger partial charge >= 0.3 is 5.97 Å². The lowest BCUT2D eigenvalue weighted by Crippen LogP contribution is -2.32. The number of rotatable bonds is 4. The van der Waals surface area contributed by atoms with Crippen LogP contribution in [0.5, 0.6) is 0 Å². The predicted molar refractivity (Wildman–Crippen MR) is 67.4 cm³/mol. The number of carbonyl (C=O) groups excluding carboxylic acids is 2. The van der Waals surface area contributed by atoms with Gasteiger partial charge in [0.25, 0.3) is 0 Å². The van der Waals surface area contributed by atoms with Crippen molar-refractivity contribution < 1.29 is 23.9 Å². The van der Waals surface area contributed by atoms with Crippen LogP contribution >= 0.6 is 11.8 Å². The summed E-state index contributed by atoms with van der Waals surface area (Å²) in [6, 6.07) is 5.49. The van der Waals surface area contributed by atoms with E-state index >= 15 is 0 Å². The van der Waals surface area contributed by atoms with E-state index in [4.69, 9.17) is 5.11 Å². The van der Waals surface area contributed by atoms with Gasteiger partial charge in [-0.05, 0) is 12.1 Å². The molecule has 1 aliphatic heterocycles. The quantitative estimate of drug-likeness (QED) is 0.842. The number of aliphatic carboxylic acids is 1. The molecule has 5 nitrogen and oxygen atoms in total. The fourth-order valence-corrected chi connectivity index (χ4v) is 2.64. The van der Waals surface area contributed by atoms with Crippen LogP contribution in [0.25, 0.3) is 0 Å². The van der Waals surface area contributed by atoms with Crippen LogP contribution in [0.15, 0.2) is 24.3 Å². The number of hydrogen-bond donors (Lipinski definition) is 1. The van der Waals surface area contributed by atoms with Crippen molar-refractivity contribution in [3.63, 3.8) is 0 Å². The number of halogens is 1. The second kappa shape index (κ2) is 5.40. The molecule has 1 aromatic carbocycles. The van der Waals surface area contributed by atoms with Crippen molar-refractivity contribution in [3.8, 4) is 0 Å². The Morgan fingerprint density at radius 1 is 1.42 bits per heavy atom. The van der Waals surface area contributed by atoms with Crippen LogP contribution in [0.1, 0.15) is 6.42 Å². The fraction of sp³-hybridized carbons (Fsp3) is 0.250. The number of carbonyl (C=O) groups is 3. The Morgan fingerprint density at radius 3 is 2.74 bits per heavy atom. The lowest BCUT2D eigenvalue weighted by molar-refractivity contribution is -0.134. The van der Waals surface area contributed by atoms with Gasteiger partial charge < -0.3 is 5.11 Å². The van der Waals surface area contributed by atoms with E-state index in [0.29, 0.717) is 0 Å². The smallest absolute Gasteiger partial charge is 0.313 e. The minimum absolute atomic E-state index is 0.0871. The van der Waals surface area contributed by atoms with E-state index in [0.717, 1.165) is 22.7 Å². The van der Waals surface area contributed by atoms with E-state index in [1.54, 1.807) is 0 Å². The fourth-order valence-electron chi connectivity index (χ4n) is 1.79. The van der Waals surface area contributed by atoms with Crippen LogP contribution in [0.4, 0.5) is 10.1 Å². The van der Waals surface area contributed by atoms with Crippen molar-refractivity contribution in [2.75, 3.05) is 10.7 Å². The summed E-state index contributed by atoms with van der Waals surface area (Å²) in [6.07, 6.45) is -0.106. The van der Waals surface area contributed by atoms with Crippen molar-refractivity contribution in [1.29, 1.82) is 0 Å². The molecule has 1 fully saturated rings. The number of para-hydroxylation sites is 1. The van der Waals surface area contributed by atoms with Crippen LogP contribution < -0.4 is 4.90 Å². The lowest BCUT2D eigenvalue weighted by atomic mass is 10.3. The maximum atomic E-state index is 13.6. The Bertz CT molecular complexity index is 548. The maximum absolute atomic E-state index is 13.6. The first-order chi connectivity index (χ1) is 9.00. The van der Waals surface area contributed by atoms with Crippen molar-refractivity contribution in [2.24, 2.45) is 0 Å². The zero-order valence-corrected chi connectivity index (χ0v) is 10.5. The summed E-state index contributed by atoms with van der Waals surface area (Å²) in [5.74, 6) is -3.07. The molecule has 1 aromatic rings. The Balaban J connectivity index is 2.19. The molecule has 1 heterocycles. The SMILES string of the molecule is O=C(O)CS[C@H]1CC(=O)N(c2ccccc2F)C1=O. The second-order valence-corrected chi connectivity index (χ2v) is 5.11. The Morgan fingerprint density at radius 2 is 2.11 bits per heavy atom. The number of anilines is 1. The molecule has 0 saturated carbocycles. The molecule has 0 unspecified atom stereocenters. The summed E-state index contributed by atoms with van der Waals surface area (Å²) in [5.41, 5.74) is -0.0871. The maximum Gasteiger partial charge on any atom is 0.313 e. The molecule has 19 heavy (non-hydrogen) atoms. The minimum atomic E-state index is -1.06. The molecule has 1 aliphatic rings. The number of imide groups is 1. The summed E-state index contributed by atoms with van der Waals surface area (Å²) < 4.78 is 13.6. The summed E-state index contributed by atoms with van der Waals surface area (Å²) >= 11 is 0.874. The van der Waals surface area contributed by atoms with Crippen LogP contribution in [-0.4, -0.2) is 33.9 Å². The van der Waals surface area contributed by atoms with E-state index in [1.807, 2.05) is 0 Å². The Hall–Kier alpha value is -1.89. The standard InChI is InChI=1S/C12H10FNO4S/c13-7-3-1-2-4-8(7)14-10(15)5-9(12(14)18)19-6-11(16)17/h1-4,9H,5-6H2,(H,16,17)/t9-/m0/s1. The molecule has 0 spiro atoms. The molecule has 2 rings (SSSR count). The van der Waals surface area contributed by atoms with Gasteiger partial charge in [-0.1, -0.05) is 12.1 Å². The minimum Gasteiger partial charge on any atom is -0.481 e. The second-order valence-electron chi connectivity index (χ2n) is 3.92. The highest BCUT2D eigenvalue weighted by Crippen LogP contribution is 2.30. The first-order valence-corrected chi connectivity index (χ1v) is 6.50. The Labute approximate surface area is 112 Å². The third kappa shape index (κ3) is 2.76. The highest BCUT2D eigenvalue weighted by atomic mass is 32.2. The van der Waals surface area contributed by atoms with Gasteiger partial charge in [-0.3, -0.25) is 14.4 Å². The van der Waals surface area contributed by atoms with E-state index in [9.17, 15) is 18.8 Å². The molecule has 0 bridgehead atoms. The van der Waals surface area contributed by atoms with Gasteiger partial charge in [-0.25, -0.2) is 9.29 Å². The van der Waals surface area contributed by atoms with Gasteiger partial charge in [-0.15, -0.1) is 11.8 Å². The summed E-state index contributed by atoms with van der Waals surface area (Å²) in [5, 5.41) is 7.80. The number of benzene rings is 1. The number of nitrogens with zero attached hydrogens (tertiary/aromatic N) is 1. The zero-order chi connectivity index (χ0) is 14.0. The summed E-state index contributed by atoms with van der Waals surface area (Å²) in [6.45, 7) is 0. The molecule has 100 valence electrons. The molecule has 0 aromatic heterocycles. The van der Waals surface area contributed by atoms with Gasteiger partial charge in [0.1, 0.15) is 5.82 Å². The molecule has 0 radical (unpaired) electrons. The highest BCUT2D eigenvalue weighted by Gasteiger charge is 2.40. The van der Waals surface area contributed by atoms with Crippen LogP contribution in [0.2, 0.25) is 0 Å². The van der Waals surface area contributed by atoms with Crippen LogP contribution in [-0.2, 0) is 14.4 Å². The first kappa shape index (κ1) is 13.5. The third-order valence-corrected chi connectivity index (χ3v) is 3.79. The number of hydrogen-bond acceptors (Lipinski definition) is 4. The number of thioether (sulfide) groups is 1. The highest BCUT2D eigenvalue weighted by molar-refractivity contribution is 8.01. The monoisotopic (exact) mass is 283 g/mol. The molecule has 1 saturated heterocycles. The molecule has 7 heteroatoms. The van der Waals surface area contributed by atoms with Crippen molar-refractivity contribution >= 4 is 35.2 Å². The molecular formula is C12H10FNO4S. The van der Waals surface area contributed by atoms with Crippen LogP contribution in [0, 0.1) is 5.82 Å². The average Bonchev–Trinajstić information content (AvgIpc) is 2.63. The number of amides is 2. The molecule has 1 atom stereocenters. The topological polar surface area (TPSA) is 74.7 Å². The third-order valence-electron chi connectivity index (χ3n) is 2.61. The molecular weight excluding hydrogens is 273 g/mol. The van der Waals surface area contributed by atoms with Crippen molar-refractivity contribution in [1.82, 2.24) is 0 Å². The first-order valence-electron chi connectivity index (χ1n) is 5.45. The van der Waals surface area contributed by atoms with Gasteiger partial charge in [0, 0.05) is 6.42 Å². The summed E-state index contributed by atoms with van der Waals surface area (Å²) in [4.78, 5) is 35.0. The van der Waals surface area contributed by atoms with Gasteiger partial charge in [0.2, 0.25) is 11.8 Å². The molecule has 2 amide bonds. The van der Waals surface area contributed by atoms with E-state index in [-0.39, 0.29) is 17.9 Å². The van der Waals surface area contributed by atoms with E-state index in [2.05, 4.69) is 0 Å². The molecule has 1 N–H and O–H groups in total. The van der Waals surface area contributed by atoms with E-state index < -0.39 is 28.9 Å². The Kier molecular flexibility index (Phi) is 3.84. The lowest BCUT2D eigenvalue weighted by Gasteiger charge is -2.15. The van der Waals surface area contributed by atoms with Gasteiger partial charge in [0.15, 0.2) is 0 Å². The van der Waals surface area contributed by atoms with Crippen molar-refractivity contribution in [2.45, 2.75) is 11.7 Å². The largest absolute Gasteiger partial charge is 0.481 e. The van der Waals surface area contributed by atoms with Crippen molar-refractivity contribution in [3.05, 3.63) is 30.1 Å². The van der Waals surface area contributed by atoms with E-state index in [1.165, 1.54) is 18.2 Å². The average molecular weight is 283 g/mol. The summed E-state index contributed by atoms with van der Waals surface area (Å²) in [7, 11) is 0. The number of carboxylic acid groups (broad SMARTS) is 1.